The minimum absolute atomic E-state index is 0.0132. The first-order valence-corrected chi connectivity index (χ1v) is 12.4. The number of carbonyl (C=O) groups is 3. The van der Waals surface area contributed by atoms with Crippen molar-refractivity contribution in [3.63, 3.8) is 0 Å². The van der Waals surface area contributed by atoms with E-state index in [-0.39, 0.29) is 18.5 Å². The molecule has 0 saturated carbocycles. The Hall–Kier alpha value is -4.44. The van der Waals surface area contributed by atoms with Gasteiger partial charge in [-0.15, -0.1) is 0 Å². The minimum atomic E-state index is -1.13. The fourth-order valence-electron chi connectivity index (χ4n) is 3.81. The Bertz CT molecular complexity index is 1280. The lowest BCUT2D eigenvalue weighted by atomic mass is 9.98. The maximum atomic E-state index is 13.6. The number of rotatable bonds is 10. The molecule has 1 atom stereocenters. The van der Waals surface area contributed by atoms with Gasteiger partial charge in [-0.3, -0.25) is 14.5 Å². The second-order valence-corrected chi connectivity index (χ2v) is 9.69. The van der Waals surface area contributed by atoms with E-state index >= 15 is 0 Å². The van der Waals surface area contributed by atoms with Crippen molar-refractivity contribution in [2.24, 2.45) is 0 Å². The zero-order chi connectivity index (χ0) is 28.4. The standard InChI is InChI=1S/C29H33N3O7/c1-29(2,3)39-38-28(36)30-18-17-23(27(35)37-4)31-25(33)22-16-11-19-32(26(22)34)24(20-12-7-5-8-13-20)21-14-9-6-10-15-21/h5-16,19,23-24H,17-18H2,1-4H3,(H,30,36)(H,31,33)/t23-/m0/s1. The molecule has 1 heterocycles. The molecule has 0 fully saturated rings. The number of carbonyl (C=O) groups excluding carboxylic acids is 3. The Labute approximate surface area is 226 Å². The van der Waals surface area contributed by atoms with Gasteiger partial charge in [0.25, 0.3) is 11.5 Å². The van der Waals surface area contributed by atoms with Crippen molar-refractivity contribution in [1.82, 2.24) is 15.2 Å². The number of esters is 1. The van der Waals surface area contributed by atoms with Crippen LogP contribution in [-0.4, -0.2) is 47.8 Å². The molecule has 39 heavy (non-hydrogen) atoms. The van der Waals surface area contributed by atoms with E-state index in [0.717, 1.165) is 11.1 Å². The second kappa shape index (κ2) is 13.4. The predicted octanol–water partition coefficient (Wildman–Crippen LogP) is 3.60. The zero-order valence-electron chi connectivity index (χ0n) is 22.4. The average molecular weight is 536 g/mol. The third kappa shape index (κ3) is 8.27. The SMILES string of the molecule is COC(=O)[C@H](CCNC(=O)OOC(C)(C)C)NC(=O)c1cccn(C(c2ccccc2)c2ccccc2)c1=O. The van der Waals surface area contributed by atoms with Crippen LogP contribution in [0, 0.1) is 0 Å². The van der Waals surface area contributed by atoms with E-state index < -0.39 is 41.2 Å². The lowest BCUT2D eigenvalue weighted by Crippen LogP contribution is -2.45. The second-order valence-electron chi connectivity index (χ2n) is 9.69. The summed E-state index contributed by atoms with van der Waals surface area (Å²) < 4.78 is 6.29. The highest BCUT2D eigenvalue weighted by Gasteiger charge is 2.26. The van der Waals surface area contributed by atoms with E-state index in [1.54, 1.807) is 33.0 Å². The summed E-state index contributed by atoms with van der Waals surface area (Å²) in [5.74, 6) is -1.48. The highest BCUT2D eigenvalue weighted by atomic mass is 17.2. The third-order valence-electron chi connectivity index (χ3n) is 5.59. The lowest BCUT2D eigenvalue weighted by Gasteiger charge is -2.22. The molecule has 0 aliphatic carbocycles. The summed E-state index contributed by atoms with van der Waals surface area (Å²) in [5, 5.41) is 4.99. The summed E-state index contributed by atoms with van der Waals surface area (Å²) in [5.41, 5.74) is 0.364. The highest BCUT2D eigenvalue weighted by Crippen LogP contribution is 2.25. The quantitative estimate of drug-likeness (QED) is 0.231. The van der Waals surface area contributed by atoms with Gasteiger partial charge in [0.05, 0.1) is 13.2 Å². The number of hydrogen-bond acceptors (Lipinski definition) is 7. The number of methoxy groups -OCH3 is 1. The van der Waals surface area contributed by atoms with Gasteiger partial charge in [0.15, 0.2) is 0 Å². The van der Waals surface area contributed by atoms with Crippen LogP contribution in [0.2, 0.25) is 0 Å². The van der Waals surface area contributed by atoms with Gasteiger partial charge in [0, 0.05) is 12.7 Å². The highest BCUT2D eigenvalue weighted by molar-refractivity contribution is 5.96. The predicted molar refractivity (Wildman–Crippen MR) is 144 cm³/mol. The molecule has 0 radical (unpaired) electrons. The molecular weight excluding hydrogens is 502 g/mol. The summed E-state index contributed by atoms with van der Waals surface area (Å²) in [6.45, 7) is 5.10. The van der Waals surface area contributed by atoms with E-state index in [9.17, 15) is 19.2 Å². The van der Waals surface area contributed by atoms with Crippen LogP contribution >= 0.6 is 0 Å². The fraction of sp³-hybridized carbons (Fsp3) is 0.310. The number of ether oxygens (including phenoxy) is 1. The summed E-state index contributed by atoms with van der Waals surface area (Å²) in [4.78, 5) is 60.5. The van der Waals surface area contributed by atoms with Gasteiger partial charge in [-0.25, -0.2) is 9.59 Å². The third-order valence-corrected chi connectivity index (χ3v) is 5.59. The first-order chi connectivity index (χ1) is 18.6. The van der Waals surface area contributed by atoms with E-state index in [0.29, 0.717) is 0 Å². The fourth-order valence-corrected chi connectivity index (χ4v) is 3.81. The van der Waals surface area contributed by atoms with Crippen LogP contribution in [-0.2, 0) is 19.3 Å². The summed E-state index contributed by atoms with van der Waals surface area (Å²) in [7, 11) is 1.18. The molecule has 10 nitrogen and oxygen atoms in total. The van der Waals surface area contributed by atoms with Crippen molar-refractivity contribution < 1.29 is 28.9 Å². The van der Waals surface area contributed by atoms with Gasteiger partial charge in [-0.1, -0.05) is 60.7 Å². The smallest absolute Gasteiger partial charge is 0.438 e. The van der Waals surface area contributed by atoms with Gasteiger partial charge in [0.2, 0.25) is 0 Å². The molecule has 0 bridgehead atoms. The van der Waals surface area contributed by atoms with Crippen molar-refractivity contribution >= 4 is 18.0 Å². The van der Waals surface area contributed by atoms with E-state index in [1.165, 1.54) is 17.7 Å². The summed E-state index contributed by atoms with van der Waals surface area (Å²) in [6.07, 6.45) is 0.760. The molecule has 206 valence electrons. The molecule has 0 aliphatic heterocycles. The molecule has 10 heteroatoms. The average Bonchev–Trinajstić information content (AvgIpc) is 2.92. The molecule has 3 rings (SSSR count). The van der Waals surface area contributed by atoms with Gasteiger partial charge in [-0.2, -0.15) is 4.89 Å². The van der Waals surface area contributed by atoms with E-state index in [2.05, 4.69) is 15.5 Å². The normalized spacial score (nSPS) is 11.9. The Balaban J connectivity index is 1.80. The van der Waals surface area contributed by atoms with Gasteiger partial charge in [0.1, 0.15) is 17.2 Å². The van der Waals surface area contributed by atoms with Crippen molar-refractivity contribution in [3.8, 4) is 0 Å². The van der Waals surface area contributed by atoms with Crippen molar-refractivity contribution in [2.45, 2.75) is 44.9 Å². The monoisotopic (exact) mass is 535 g/mol. The number of amides is 2. The lowest BCUT2D eigenvalue weighted by molar-refractivity contribution is -0.300. The Kier molecular flexibility index (Phi) is 9.99. The number of nitrogens with one attached hydrogen (secondary N) is 2. The van der Waals surface area contributed by atoms with Gasteiger partial charge in [-0.05, 0) is 50.5 Å². The minimum Gasteiger partial charge on any atom is -0.467 e. The van der Waals surface area contributed by atoms with Gasteiger partial charge < -0.3 is 19.9 Å². The number of aromatic nitrogens is 1. The topological polar surface area (TPSA) is 125 Å². The van der Waals surface area contributed by atoms with Crippen molar-refractivity contribution in [2.75, 3.05) is 13.7 Å². The first-order valence-electron chi connectivity index (χ1n) is 12.4. The number of benzene rings is 2. The molecule has 0 aliphatic rings. The van der Waals surface area contributed by atoms with Crippen LogP contribution in [0.5, 0.6) is 0 Å². The summed E-state index contributed by atoms with van der Waals surface area (Å²) >= 11 is 0. The number of hydrogen-bond donors (Lipinski definition) is 2. The first kappa shape index (κ1) is 29.1. The van der Waals surface area contributed by atoms with E-state index in [1.807, 2.05) is 60.7 Å². The van der Waals surface area contributed by atoms with Crippen LogP contribution in [0.1, 0.15) is 54.7 Å². The van der Waals surface area contributed by atoms with Gasteiger partial charge >= 0.3 is 12.1 Å². The maximum Gasteiger partial charge on any atom is 0.438 e. The largest absolute Gasteiger partial charge is 0.467 e. The van der Waals surface area contributed by atoms with Crippen molar-refractivity contribution in [1.29, 1.82) is 0 Å². The zero-order valence-corrected chi connectivity index (χ0v) is 22.4. The molecule has 0 spiro atoms. The maximum absolute atomic E-state index is 13.6. The molecule has 0 unspecified atom stereocenters. The molecule has 2 aromatic carbocycles. The van der Waals surface area contributed by atoms with Crippen LogP contribution in [0.15, 0.2) is 83.8 Å². The molecule has 0 saturated heterocycles. The van der Waals surface area contributed by atoms with E-state index in [4.69, 9.17) is 9.62 Å². The Morgan fingerprint density at radius 2 is 1.49 bits per heavy atom. The number of nitrogens with zero attached hydrogens (tertiary/aromatic N) is 1. The molecule has 2 amide bonds. The van der Waals surface area contributed by atoms with Crippen LogP contribution in [0.25, 0.3) is 0 Å². The molecular formula is C29H33N3O7. The van der Waals surface area contributed by atoms with Crippen LogP contribution < -0.4 is 16.2 Å². The number of pyridine rings is 1. The molecule has 2 N–H and O–H groups in total. The Morgan fingerprint density at radius 1 is 0.897 bits per heavy atom. The summed E-state index contributed by atoms with van der Waals surface area (Å²) in [6, 6.07) is 20.3. The van der Waals surface area contributed by atoms with Crippen LogP contribution in [0.3, 0.4) is 0 Å². The Morgan fingerprint density at radius 3 is 2.03 bits per heavy atom. The van der Waals surface area contributed by atoms with Crippen molar-refractivity contribution in [3.05, 3.63) is 106 Å². The molecule has 3 aromatic rings. The molecule has 1 aromatic heterocycles. The van der Waals surface area contributed by atoms with Crippen LogP contribution in [0.4, 0.5) is 4.79 Å².